The van der Waals surface area contributed by atoms with Gasteiger partial charge in [-0.25, -0.2) is 0 Å². The standard InChI is InChI=1S/C24H40N4OS2.C9H9Br/c1-23(2,28(4)5)17-29-20-13-11-19(12-14-20)26-22(30)27-21(25)31-18-24(3)15-9-7-6-8-10-16-24;1-8(7-10)9-5-3-2-4-6-9/h11-14H,6-10,15-18H2,1-5H3,(H3,25,26,27,30);2-6H,1,7H2. The van der Waals surface area contributed by atoms with Crippen molar-refractivity contribution in [1.29, 1.82) is 0 Å². The van der Waals surface area contributed by atoms with Gasteiger partial charge in [-0.05, 0) is 93.8 Å². The van der Waals surface area contributed by atoms with Gasteiger partial charge in [-0.3, -0.25) is 0 Å². The second-order valence-corrected chi connectivity index (χ2v) is 13.8. The van der Waals surface area contributed by atoms with Crippen LogP contribution in [0.5, 0.6) is 5.75 Å². The molecule has 0 radical (unpaired) electrons. The van der Waals surface area contributed by atoms with Crippen LogP contribution in [-0.4, -0.2) is 52.5 Å². The number of nitrogens with two attached hydrogens (primary N) is 1. The van der Waals surface area contributed by atoms with Crippen molar-refractivity contribution in [3.63, 3.8) is 0 Å². The molecule has 0 bridgehead atoms. The lowest BCUT2D eigenvalue weighted by atomic mass is 9.79. The molecule has 0 aromatic heterocycles. The smallest absolute Gasteiger partial charge is 0.199 e. The summed E-state index contributed by atoms with van der Waals surface area (Å²) in [5.74, 6) is 1.83. The van der Waals surface area contributed by atoms with Crippen LogP contribution < -0.4 is 15.8 Å². The Bertz CT molecular complexity index is 1100. The van der Waals surface area contributed by atoms with E-state index in [1.54, 1.807) is 11.8 Å². The Morgan fingerprint density at radius 1 is 1.07 bits per heavy atom. The number of ether oxygens (including phenoxy) is 1. The Balaban J connectivity index is 0.000000493. The minimum absolute atomic E-state index is 0.0323. The lowest BCUT2D eigenvalue weighted by Crippen LogP contribution is -2.43. The summed E-state index contributed by atoms with van der Waals surface area (Å²) in [7, 11) is 4.11. The summed E-state index contributed by atoms with van der Waals surface area (Å²) in [6.07, 6.45) is 9.28. The van der Waals surface area contributed by atoms with Gasteiger partial charge in [-0.2, -0.15) is 4.99 Å². The van der Waals surface area contributed by atoms with Crippen molar-refractivity contribution in [1.82, 2.24) is 4.90 Å². The van der Waals surface area contributed by atoms with Gasteiger partial charge in [0, 0.05) is 22.3 Å². The molecule has 1 saturated carbocycles. The maximum Gasteiger partial charge on any atom is 0.199 e. The molecule has 0 amide bonds. The maximum atomic E-state index is 6.16. The van der Waals surface area contributed by atoms with E-state index in [-0.39, 0.29) is 5.54 Å². The molecule has 0 atom stereocenters. The lowest BCUT2D eigenvalue weighted by molar-refractivity contribution is 0.114. The molecule has 41 heavy (non-hydrogen) atoms. The van der Waals surface area contributed by atoms with Crippen LogP contribution in [0.2, 0.25) is 0 Å². The molecule has 1 fully saturated rings. The van der Waals surface area contributed by atoms with E-state index in [9.17, 15) is 0 Å². The van der Waals surface area contributed by atoms with Gasteiger partial charge < -0.3 is 20.7 Å². The zero-order valence-electron chi connectivity index (χ0n) is 25.5. The first-order chi connectivity index (χ1) is 19.4. The zero-order valence-corrected chi connectivity index (χ0v) is 28.8. The molecule has 0 saturated heterocycles. The number of nitrogens with one attached hydrogen (secondary N) is 1. The highest BCUT2D eigenvalue weighted by Crippen LogP contribution is 2.36. The summed E-state index contributed by atoms with van der Waals surface area (Å²) in [6, 6.07) is 17.9. The number of amidine groups is 1. The van der Waals surface area contributed by atoms with Crippen molar-refractivity contribution >= 4 is 61.5 Å². The average Bonchev–Trinajstić information content (AvgIpc) is 2.94. The quantitative estimate of drug-likeness (QED) is 0.121. The van der Waals surface area contributed by atoms with Crippen LogP contribution in [0.15, 0.2) is 66.2 Å². The van der Waals surface area contributed by atoms with Crippen LogP contribution in [-0.2, 0) is 0 Å². The Morgan fingerprint density at radius 2 is 1.66 bits per heavy atom. The number of halogens is 1. The summed E-state index contributed by atoms with van der Waals surface area (Å²) in [6.45, 7) is 11.2. The number of anilines is 1. The first-order valence-corrected chi connectivity index (χ1v) is 16.9. The number of alkyl halides is 1. The molecular formula is C33H49BrN4OS2. The van der Waals surface area contributed by atoms with Crippen LogP contribution in [0.25, 0.3) is 5.57 Å². The zero-order chi connectivity index (χ0) is 30.3. The lowest BCUT2D eigenvalue weighted by Gasteiger charge is -2.32. The van der Waals surface area contributed by atoms with Gasteiger partial charge in [0.1, 0.15) is 12.4 Å². The Kier molecular flexibility index (Phi) is 15.5. The van der Waals surface area contributed by atoms with E-state index in [4.69, 9.17) is 22.7 Å². The molecule has 8 heteroatoms. The minimum Gasteiger partial charge on any atom is -0.492 e. The van der Waals surface area contributed by atoms with Gasteiger partial charge in [-0.15, -0.1) is 0 Å². The molecule has 5 nitrogen and oxygen atoms in total. The summed E-state index contributed by atoms with van der Waals surface area (Å²) in [4.78, 5) is 6.53. The monoisotopic (exact) mass is 660 g/mol. The number of likely N-dealkylation sites (N-methyl/N-ethyl adjacent to an activating group) is 1. The fourth-order valence-electron chi connectivity index (χ4n) is 4.21. The van der Waals surface area contributed by atoms with Gasteiger partial charge in [-0.1, -0.05) is 104 Å². The number of allylic oxidation sites excluding steroid dienone is 1. The molecular weight excluding hydrogens is 612 g/mol. The van der Waals surface area contributed by atoms with Crippen LogP contribution in [0.3, 0.4) is 0 Å². The molecule has 0 unspecified atom stereocenters. The largest absolute Gasteiger partial charge is 0.492 e. The van der Waals surface area contributed by atoms with Gasteiger partial charge in [0.05, 0.1) is 0 Å². The molecule has 0 spiro atoms. The van der Waals surface area contributed by atoms with Crippen LogP contribution in [0.4, 0.5) is 5.69 Å². The molecule has 1 aliphatic rings. The topological polar surface area (TPSA) is 62.9 Å². The van der Waals surface area contributed by atoms with E-state index >= 15 is 0 Å². The molecule has 3 rings (SSSR count). The fraction of sp³-hybridized carbons (Fsp3) is 0.515. The van der Waals surface area contributed by atoms with Crippen LogP contribution in [0, 0.1) is 5.41 Å². The van der Waals surface area contributed by atoms with E-state index < -0.39 is 0 Å². The van der Waals surface area contributed by atoms with E-state index in [0.717, 1.165) is 28.1 Å². The highest BCUT2D eigenvalue weighted by Gasteiger charge is 2.25. The third kappa shape index (κ3) is 13.8. The summed E-state index contributed by atoms with van der Waals surface area (Å²) < 4.78 is 5.92. The predicted octanol–water partition coefficient (Wildman–Crippen LogP) is 9.00. The van der Waals surface area contributed by atoms with Crippen molar-refractivity contribution in [2.45, 2.75) is 71.3 Å². The van der Waals surface area contributed by atoms with Gasteiger partial charge in [0.2, 0.25) is 0 Å². The van der Waals surface area contributed by atoms with Gasteiger partial charge >= 0.3 is 0 Å². The second kappa shape index (κ2) is 17.9. The number of thioether (sulfide) groups is 1. The van der Waals surface area contributed by atoms with Crippen molar-refractivity contribution in [2.75, 3.05) is 37.1 Å². The normalized spacial score (nSPS) is 15.6. The molecule has 0 heterocycles. The number of hydrogen-bond donors (Lipinski definition) is 2. The SMILES string of the molecule is C=C(CBr)c1ccccc1.CN(C)C(C)(C)COc1ccc(NC(=S)/N=C(\N)SCC2(C)CCCCCCC2)cc1. The number of benzene rings is 2. The third-order valence-electron chi connectivity index (χ3n) is 7.59. The second-order valence-electron chi connectivity index (χ2n) is 11.9. The molecule has 0 aliphatic heterocycles. The summed E-state index contributed by atoms with van der Waals surface area (Å²) in [5.41, 5.74) is 9.68. The Morgan fingerprint density at radius 3 is 2.22 bits per heavy atom. The van der Waals surface area contributed by atoms with Crippen molar-refractivity contribution in [3.8, 4) is 5.75 Å². The first kappa shape index (κ1) is 35.3. The molecule has 1 aliphatic carbocycles. The van der Waals surface area contributed by atoms with E-state index in [1.165, 1.54) is 50.5 Å². The van der Waals surface area contributed by atoms with E-state index in [2.05, 4.69) is 84.7 Å². The van der Waals surface area contributed by atoms with E-state index in [0.29, 0.717) is 22.3 Å². The minimum atomic E-state index is -0.0323. The van der Waals surface area contributed by atoms with E-state index in [1.807, 2.05) is 42.5 Å². The third-order valence-corrected chi connectivity index (χ3v) is 9.69. The van der Waals surface area contributed by atoms with Crippen LogP contribution in [0.1, 0.15) is 71.3 Å². The van der Waals surface area contributed by atoms with Crippen LogP contribution >= 0.6 is 39.9 Å². The summed E-state index contributed by atoms with van der Waals surface area (Å²) >= 11 is 10.4. The fourth-order valence-corrected chi connectivity index (χ4v) is 5.75. The van der Waals surface area contributed by atoms with Gasteiger partial charge in [0.15, 0.2) is 10.3 Å². The molecule has 226 valence electrons. The molecule has 2 aromatic rings. The Hall–Kier alpha value is -1.87. The molecule has 2 aromatic carbocycles. The van der Waals surface area contributed by atoms with Crippen molar-refractivity contribution in [2.24, 2.45) is 16.1 Å². The number of thiocarbonyl (C=S) groups is 1. The average molecular weight is 662 g/mol. The van der Waals surface area contributed by atoms with Gasteiger partial charge in [0.25, 0.3) is 0 Å². The number of hydrogen-bond acceptors (Lipinski definition) is 4. The Labute approximate surface area is 266 Å². The number of nitrogens with zero attached hydrogens (tertiary/aromatic N) is 2. The highest BCUT2D eigenvalue weighted by molar-refractivity contribution is 9.09. The number of aliphatic imine (C=N–C) groups is 1. The highest BCUT2D eigenvalue weighted by atomic mass is 79.9. The molecule has 3 N–H and O–H groups in total. The van der Waals surface area contributed by atoms with Crippen molar-refractivity contribution < 1.29 is 4.74 Å². The van der Waals surface area contributed by atoms with Crippen molar-refractivity contribution in [3.05, 3.63) is 66.7 Å². The predicted molar refractivity (Wildman–Crippen MR) is 190 cm³/mol. The maximum absolute atomic E-state index is 6.16. The summed E-state index contributed by atoms with van der Waals surface area (Å²) in [5, 5.41) is 4.91. The first-order valence-electron chi connectivity index (χ1n) is 14.4. The number of rotatable bonds is 9.